The van der Waals surface area contributed by atoms with Crippen LogP contribution in [0.3, 0.4) is 0 Å². The van der Waals surface area contributed by atoms with E-state index in [9.17, 15) is 5.11 Å². The summed E-state index contributed by atoms with van der Waals surface area (Å²) in [7, 11) is 1.64. The summed E-state index contributed by atoms with van der Waals surface area (Å²) in [6.07, 6.45) is 1.70. The summed E-state index contributed by atoms with van der Waals surface area (Å²) in [4.78, 5) is 4.36. The second-order valence-electron chi connectivity index (χ2n) is 4.47. The van der Waals surface area contributed by atoms with Crippen LogP contribution in [-0.4, -0.2) is 22.4 Å². The van der Waals surface area contributed by atoms with Gasteiger partial charge in [0.05, 0.1) is 0 Å². The van der Waals surface area contributed by atoms with Crippen molar-refractivity contribution >= 4 is 0 Å². The van der Waals surface area contributed by atoms with Crippen LogP contribution in [0, 0.1) is 6.92 Å². The molecule has 19 heavy (non-hydrogen) atoms. The molecule has 1 unspecified atom stereocenters. The van der Waals surface area contributed by atoms with Gasteiger partial charge in [-0.3, -0.25) is 0 Å². The second-order valence-corrected chi connectivity index (χ2v) is 4.47. The molecule has 0 aliphatic carbocycles. The molecule has 102 valence electrons. The number of nitrogens with zero attached hydrogens (tertiary/aromatic N) is 2. The van der Waals surface area contributed by atoms with Crippen molar-refractivity contribution in [2.45, 2.75) is 32.8 Å². The minimum absolute atomic E-state index is 0.138. The molecular formula is C14H18N2O3. The first-order valence-electron chi connectivity index (χ1n) is 6.32. The van der Waals surface area contributed by atoms with E-state index >= 15 is 0 Å². The van der Waals surface area contributed by atoms with Crippen molar-refractivity contribution in [2.75, 3.05) is 7.11 Å². The lowest BCUT2D eigenvalue weighted by Crippen LogP contribution is -2.03. The van der Waals surface area contributed by atoms with Gasteiger partial charge in [-0.1, -0.05) is 18.5 Å². The molecule has 1 atom stereocenters. The first kappa shape index (κ1) is 13.5. The molecule has 0 spiro atoms. The van der Waals surface area contributed by atoms with E-state index in [4.69, 9.17) is 9.26 Å². The summed E-state index contributed by atoms with van der Waals surface area (Å²) in [5.41, 5.74) is 1.56. The number of rotatable bonds is 5. The van der Waals surface area contributed by atoms with Crippen LogP contribution in [-0.2, 0) is 4.74 Å². The molecule has 1 N–H and O–H groups in total. The molecule has 0 fully saturated rings. The van der Waals surface area contributed by atoms with Gasteiger partial charge in [0.25, 0.3) is 5.89 Å². The van der Waals surface area contributed by atoms with Gasteiger partial charge in [-0.25, -0.2) is 0 Å². The fourth-order valence-electron chi connectivity index (χ4n) is 1.89. The van der Waals surface area contributed by atoms with Crippen LogP contribution in [0.25, 0.3) is 11.5 Å². The maximum atomic E-state index is 9.51. The maximum absolute atomic E-state index is 9.51. The van der Waals surface area contributed by atoms with Crippen molar-refractivity contribution in [3.05, 3.63) is 29.6 Å². The van der Waals surface area contributed by atoms with Gasteiger partial charge >= 0.3 is 0 Å². The molecule has 0 saturated heterocycles. The van der Waals surface area contributed by atoms with Crippen LogP contribution in [0.15, 0.2) is 22.7 Å². The Morgan fingerprint density at radius 3 is 2.84 bits per heavy atom. The first-order valence-corrected chi connectivity index (χ1v) is 6.32. The SMILES string of the molecule is CCCC(OC)c1noc(-c2ccc(O)c(C)c2)n1. The highest BCUT2D eigenvalue weighted by atomic mass is 16.5. The summed E-state index contributed by atoms with van der Waals surface area (Å²) in [5.74, 6) is 1.26. The molecule has 5 nitrogen and oxygen atoms in total. The van der Waals surface area contributed by atoms with Crippen molar-refractivity contribution < 1.29 is 14.4 Å². The normalized spacial score (nSPS) is 12.6. The Bertz CT molecular complexity index is 551. The molecule has 0 bridgehead atoms. The quantitative estimate of drug-likeness (QED) is 0.895. The number of benzene rings is 1. The van der Waals surface area contributed by atoms with E-state index in [1.807, 2.05) is 13.0 Å². The van der Waals surface area contributed by atoms with E-state index in [-0.39, 0.29) is 11.9 Å². The Balaban J connectivity index is 2.27. The Kier molecular flexibility index (Phi) is 4.16. The van der Waals surface area contributed by atoms with Gasteiger partial charge in [0, 0.05) is 12.7 Å². The molecule has 0 amide bonds. The highest BCUT2D eigenvalue weighted by Gasteiger charge is 2.18. The predicted octanol–water partition coefficient (Wildman–Crippen LogP) is 3.24. The fourth-order valence-corrected chi connectivity index (χ4v) is 1.89. The van der Waals surface area contributed by atoms with E-state index < -0.39 is 0 Å². The molecule has 0 radical (unpaired) electrons. The molecule has 0 aliphatic heterocycles. The van der Waals surface area contributed by atoms with Gasteiger partial charge in [0.2, 0.25) is 5.82 Å². The molecule has 0 saturated carbocycles. The zero-order valence-corrected chi connectivity index (χ0v) is 11.4. The predicted molar refractivity (Wildman–Crippen MR) is 70.8 cm³/mol. The van der Waals surface area contributed by atoms with Gasteiger partial charge in [0.15, 0.2) is 0 Å². The molecular weight excluding hydrogens is 244 g/mol. The average Bonchev–Trinajstić information content (AvgIpc) is 2.88. The van der Waals surface area contributed by atoms with Crippen molar-refractivity contribution in [1.82, 2.24) is 10.1 Å². The summed E-state index contributed by atoms with van der Waals surface area (Å²) in [6, 6.07) is 5.18. The number of hydrogen-bond acceptors (Lipinski definition) is 5. The molecule has 5 heteroatoms. The summed E-state index contributed by atoms with van der Waals surface area (Å²) in [5, 5.41) is 13.5. The van der Waals surface area contributed by atoms with Crippen LogP contribution >= 0.6 is 0 Å². The van der Waals surface area contributed by atoms with Gasteiger partial charge in [-0.05, 0) is 37.1 Å². The Hall–Kier alpha value is -1.88. The third kappa shape index (κ3) is 2.93. The molecule has 0 aliphatic rings. The standard InChI is InChI=1S/C14H18N2O3/c1-4-5-12(18-3)13-15-14(19-16-13)10-6-7-11(17)9(2)8-10/h6-8,12,17H,4-5H2,1-3H3. The highest BCUT2D eigenvalue weighted by molar-refractivity contribution is 5.56. The van der Waals surface area contributed by atoms with Crippen LogP contribution in [0.2, 0.25) is 0 Å². The Morgan fingerprint density at radius 1 is 1.42 bits per heavy atom. The largest absolute Gasteiger partial charge is 0.508 e. The highest BCUT2D eigenvalue weighted by Crippen LogP contribution is 2.26. The third-order valence-electron chi connectivity index (χ3n) is 3.01. The van der Waals surface area contributed by atoms with Gasteiger partial charge in [0.1, 0.15) is 11.9 Å². The van der Waals surface area contributed by atoms with Crippen LogP contribution in [0.4, 0.5) is 0 Å². The zero-order valence-electron chi connectivity index (χ0n) is 11.4. The van der Waals surface area contributed by atoms with Crippen molar-refractivity contribution in [3.8, 4) is 17.2 Å². The molecule has 1 aromatic carbocycles. The lowest BCUT2D eigenvalue weighted by molar-refractivity contribution is 0.0854. The number of phenolic OH excluding ortho intramolecular Hbond substituents is 1. The first-order chi connectivity index (χ1) is 9.15. The lowest BCUT2D eigenvalue weighted by Gasteiger charge is -2.08. The second kappa shape index (κ2) is 5.84. The number of aryl methyl sites for hydroxylation is 1. The van der Waals surface area contributed by atoms with Gasteiger partial charge < -0.3 is 14.4 Å². The van der Waals surface area contributed by atoms with Crippen LogP contribution in [0.1, 0.15) is 37.3 Å². The number of phenols is 1. The third-order valence-corrected chi connectivity index (χ3v) is 3.01. The van der Waals surface area contributed by atoms with E-state index in [1.165, 1.54) is 0 Å². The monoisotopic (exact) mass is 262 g/mol. The van der Waals surface area contributed by atoms with Crippen molar-refractivity contribution in [1.29, 1.82) is 0 Å². The molecule has 2 rings (SSSR count). The number of ether oxygens (including phenoxy) is 1. The van der Waals surface area contributed by atoms with Crippen molar-refractivity contribution in [2.24, 2.45) is 0 Å². The van der Waals surface area contributed by atoms with Crippen LogP contribution < -0.4 is 0 Å². The van der Waals surface area contributed by atoms with E-state index in [1.54, 1.807) is 19.2 Å². The van der Waals surface area contributed by atoms with Gasteiger partial charge in [-0.15, -0.1) is 0 Å². The fraction of sp³-hybridized carbons (Fsp3) is 0.429. The Labute approximate surface area is 112 Å². The molecule has 2 aromatic rings. The molecule has 1 heterocycles. The number of hydrogen-bond donors (Lipinski definition) is 1. The number of aromatic nitrogens is 2. The Morgan fingerprint density at radius 2 is 2.21 bits per heavy atom. The van der Waals surface area contributed by atoms with Gasteiger partial charge in [-0.2, -0.15) is 4.98 Å². The van der Waals surface area contributed by atoms with Crippen LogP contribution in [0.5, 0.6) is 5.75 Å². The van der Waals surface area contributed by atoms with E-state index in [0.717, 1.165) is 24.0 Å². The summed E-state index contributed by atoms with van der Waals surface area (Å²) >= 11 is 0. The average molecular weight is 262 g/mol. The van der Waals surface area contributed by atoms with Crippen molar-refractivity contribution in [3.63, 3.8) is 0 Å². The minimum Gasteiger partial charge on any atom is -0.508 e. The van der Waals surface area contributed by atoms with E-state index in [0.29, 0.717) is 11.7 Å². The van der Waals surface area contributed by atoms with E-state index in [2.05, 4.69) is 17.1 Å². The topological polar surface area (TPSA) is 68.4 Å². The lowest BCUT2D eigenvalue weighted by atomic mass is 10.1. The number of methoxy groups -OCH3 is 1. The zero-order chi connectivity index (χ0) is 13.8. The molecule has 1 aromatic heterocycles. The summed E-state index contributed by atoms with van der Waals surface area (Å²) in [6.45, 7) is 3.90. The summed E-state index contributed by atoms with van der Waals surface area (Å²) < 4.78 is 10.6. The smallest absolute Gasteiger partial charge is 0.258 e. The number of aromatic hydroxyl groups is 1. The minimum atomic E-state index is -0.138. The maximum Gasteiger partial charge on any atom is 0.258 e.